The molecule has 10 aromatic rings. The molecule has 0 saturated carbocycles. The number of carboxylic acid groups (broad SMARTS) is 1. The molecule has 424 valence electrons. The van der Waals surface area contributed by atoms with Gasteiger partial charge in [0.15, 0.2) is 0 Å². The summed E-state index contributed by atoms with van der Waals surface area (Å²) in [4.78, 5) is 60.0. The lowest BCUT2D eigenvalue weighted by atomic mass is 10.0. The maximum atomic E-state index is 14.7. The number of nitrogens with two attached hydrogens (primary N) is 1. The van der Waals surface area contributed by atoms with Crippen molar-refractivity contribution in [2.24, 2.45) is 5.73 Å². The number of aryl methyl sites for hydroxylation is 2. The molecule has 0 unspecified atom stereocenters. The number of anilines is 2. The van der Waals surface area contributed by atoms with Gasteiger partial charge in [-0.3, -0.25) is 44.1 Å². The number of benzene rings is 2. The number of pyridine rings is 6. The summed E-state index contributed by atoms with van der Waals surface area (Å²) in [5.74, 6) is -3.00. The van der Waals surface area contributed by atoms with Crippen molar-refractivity contribution in [2.45, 2.75) is 39.8 Å². The number of carbonyl (C=O) groups excluding carboxylic acids is 2. The maximum absolute atomic E-state index is 14.7. The molecule has 8 heterocycles. The minimum atomic E-state index is -3.54. The van der Waals surface area contributed by atoms with Gasteiger partial charge < -0.3 is 20.9 Å². The number of rotatable bonds is 12. The van der Waals surface area contributed by atoms with Gasteiger partial charge >= 0.3 is 11.9 Å². The van der Waals surface area contributed by atoms with Gasteiger partial charge in [-0.15, -0.1) is 0 Å². The monoisotopic (exact) mass is 1220 g/mol. The van der Waals surface area contributed by atoms with E-state index in [9.17, 15) is 40.0 Å². The third-order valence-electron chi connectivity index (χ3n) is 11.6. The van der Waals surface area contributed by atoms with Crippen LogP contribution in [0.25, 0.3) is 44.5 Å². The number of methoxy groups -OCH3 is 1. The number of aromatic carboxylic acids is 1. The molecule has 0 aliphatic carbocycles. The van der Waals surface area contributed by atoms with Crippen molar-refractivity contribution in [3.8, 4) is 11.4 Å². The highest BCUT2D eigenvalue weighted by Gasteiger charge is 2.19. The first kappa shape index (κ1) is 60.4. The van der Waals surface area contributed by atoms with Crippen molar-refractivity contribution in [2.75, 3.05) is 29.1 Å². The highest BCUT2D eigenvalue weighted by molar-refractivity contribution is 9.10. The summed E-state index contributed by atoms with van der Waals surface area (Å²) >= 11 is 3.30. The van der Waals surface area contributed by atoms with Crippen molar-refractivity contribution in [1.29, 1.82) is 0 Å². The molecule has 2 atom stereocenters. The number of sulfonamides is 2. The molecule has 0 radical (unpaired) electrons. The number of aromatic nitrogens is 10. The zero-order chi connectivity index (χ0) is 59.6. The molecular weight excluding hydrogens is 1170 g/mol. The van der Waals surface area contributed by atoms with E-state index >= 15 is 0 Å². The molecule has 6 N–H and O–H groups in total. The van der Waals surface area contributed by atoms with Gasteiger partial charge in [0.05, 0.1) is 111 Å². The van der Waals surface area contributed by atoms with Crippen LogP contribution in [0.5, 0.6) is 0 Å². The largest absolute Gasteiger partial charge is 0.478 e. The van der Waals surface area contributed by atoms with Crippen LogP contribution < -0.4 is 20.5 Å². The Bertz CT molecular complexity index is 4240. The molecule has 23 nitrogen and oxygen atoms in total. The third kappa shape index (κ3) is 16.0. The number of halogens is 3. The SMILES string of the molecule is COC(=O)c1cnc2cc(Br)cnc2c1.Cc1cc([C@@H](C)N)c(F)cc1NS(C)(=O)=O.Cc1cc([C@@H](C)NC(=O)c2cnc3cc(-n4cccn4)cnc3c2)c(F)cc1NS(C)(=O)=O.O=C(O)c1cnc2cc(-n3cccn3)cnc2c1. The zero-order valence-corrected chi connectivity index (χ0v) is 47.8. The van der Waals surface area contributed by atoms with Crippen molar-refractivity contribution in [1.82, 2.24) is 54.8 Å². The van der Waals surface area contributed by atoms with E-state index in [4.69, 9.17) is 10.8 Å². The number of hydrogen-bond acceptors (Lipinski definition) is 17. The van der Waals surface area contributed by atoms with Crippen LogP contribution in [0.15, 0.2) is 139 Å². The van der Waals surface area contributed by atoms with Crippen LogP contribution in [0.2, 0.25) is 0 Å². The number of hydrogen-bond donors (Lipinski definition) is 5. The Hall–Kier alpha value is -9.25. The fourth-order valence-corrected chi connectivity index (χ4v) is 9.15. The summed E-state index contributed by atoms with van der Waals surface area (Å²) in [6.45, 7) is 6.66. The number of carboxylic acids is 1. The number of nitrogens with one attached hydrogen (secondary N) is 3. The lowest BCUT2D eigenvalue weighted by molar-refractivity contribution is 0.0599. The average molecular weight is 1220 g/mol. The number of ether oxygens (including phenoxy) is 1. The second kappa shape index (κ2) is 25.9. The van der Waals surface area contributed by atoms with E-state index in [0.29, 0.717) is 49.8 Å². The Kier molecular flexibility index (Phi) is 19.1. The summed E-state index contributed by atoms with van der Waals surface area (Å²) in [5.41, 5.74) is 13.8. The lowest BCUT2D eigenvalue weighted by Crippen LogP contribution is -2.27. The van der Waals surface area contributed by atoms with Gasteiger partial charge in [-0.2, -0.15) is 10.2 Å². The van der Waals surface area contributed by atoms with Crippen LogP contribution in [0.1, 0.15) is 79.3 Å². The van der Waals surface area contributed by atoms with E-state index in [-0.39, 0.29) is 28.1 Å². The van der Waals surface area contributed by atoms with Gasteiger partial charge in [0.2, 0.25) is 20.0 Å². The first-order valence-corrected chi connectivity index (χ1v) is 28.7. The zero-order valence-electron chi connectivity index (χ0n) is 44.6. The van der Waals surface area contributed by atoms with E-state index in [0.717, 1.165) is 46.0 Å². The Morgan fingerprint density at radius 1 is 0.610 bits per heavy atom. The Morgan fingerprint density at radius 3 is 1.49 bits per heavy atom. The number of nitrogens with zero attached hydrogens (tertiary/aromatic N) is 10. The Labute approximate surface area is 476 Å². The summed E-state index contributed by atoms with van der Waals surface area (Å²) < 4.78 is 86.4. The fraction of sp³-hybridized carbons (Fsp3) is 0.167. The minimum Gasteiger partial charge on any atom is -0.478 e. The van der Waals surface area contributed by atoms with Gasteiger partial charge in [-0.25, -0.2) is 44.6 Å². The molecular formula is C54H51BrF2N14O9S2. The van der Waals surface area contributed by atoms with E-state index in [2.05, 4.69) is 75.5 Å². The van der Waals surface area contributed by atoms with E-state index in [1.807, 2.05) is 18.2 Å². The van der Waals surface area contributed by atoms with Crippen molar-refractivity contribution < 1.29 is 49.8 Å². The third-order valence-corrected chi connectivity index (χ3v) is 13.2. The van der Waals surface area contributed by atoms with Gasteiger partial charge in [0.25, 0.3) is 5.91 Å². The van der Waals surface area contributed by atoms with Crippen LogP contribution in [0.3, 0.4) is 0 Å². The van der Waals surface area contributed by atoms with Crippen molar-refractivity contribution >= 4 is 98.3 Å². The van der Waals surface area contributed by atoms with Crippen molar-refractivity contribution in [3.63, 3.8) is 0 Å². The molecule has 0 bridgehead atoms. The molecule has 10 rings (SSSR count). The summed E-state index contributed by atoms with van der Waals surface area (Å²) in [5, 5.41) is 19.9. The predicted octanol–water partition coefficient (Wildman–Crippen LogP) is 8.34. The molecule has 8 aromatic heterocycles. The van der Waals surface area contributed by atoms with E-state index in [1.54, 1.807) is 111 Å². The van der Waals surface area contributed by atoms with Crippen LogP contribution in [-0.2, 0) is 24.8 Å². The summed E-state index contributed by atoms with van der Waals surface area (Å²) in [6.07, 6.45) is 18.1. The number of esters is 1. The van der Waals surface area contributed by atoms with Gasteiger partial charge in [0, 0.05) is 71.2 Å². The summed E-state index contributed by atoms with van der Waals surface area (Å²) in [6, 6.07) is 18.0. The number of amides is 1. The topological polar surface area (TPSA) is 324 Å². The summed E-state index contributed by atoms with van der Waals surface area (Å²) in [7, 11) is -5.60. The fourth-order valence-electron chi connectivity index (χ4n) is 7.59. The molecule has 0 aliphatic heterocycles. The molecule has 0 saturated heterocycles. The lowest BCUT2D eigenvalue weighted by Gasteiger charge is -2.18. The normalized spacial score (nSPS) is 11.9. The predicted molar refractivity (Wildman–Crippen MR) is 307 cm³/mol. The van der Waals surface area contributed by atoms with E-state index < -0.39 is 61.6 Å². The van der Waals surface area contributed by atoms with Crippen LogP contribution in [0, 0.1) is 25.5 Å². The van der Waals surface area contributed by atoms with Gasteiger partial charge in [0.1, 0.15) is 11.6 Å². The highest BCUT2D eigenvalue weighted by Crippen LogP contribution is 2.27. The number of fused-ring (bicyclic) bond motifs is 3. The first-order valence-electron chi connectivity index (χ1n) is 24.1. The quantitative estimate of drug-likeness (QED) is 0.0717. The van der Waals surface area contributed by atoms with Crippen LogP contribution in [-0.4, -0.2) is 109 Å². The van der Waals surface area contributed by atoms with Crippen LogP contribution in [0.4, 0.5) is 20.2 Å². The van der Waals surface area contributed by atoms with Crippen LogP contribution >= 0.6 is 15.9 Å². The Balaban J connectivity index is 0.000000168. The minimum absolute atomic E-state index is 0.127. The molecule has 82 heavy (non-hydrogen) atoms. The molecule has 0 fully saturated rings. The highest BCUT2D eigenvalue weighted by atomic mass is 79.9. The van der Waals surface area contributed by atoms with E-state index in [1.165, 1.54) is 37.8 Å². The maximum Gasteiger partial charge on any atom is 0.339 e. The first-order chi connectivity index (χ1) is 38.7. The Morgan fingerprint density at radius 2 is 1.02 bits per heavy atom. The molecule has 0 aliphatic rings. The second-order valence-corrected chi connectivity index (χ2v) is 22.5. The molecule has 1 amide bonds. The molecule has 0 spiro atoms. The molecule has 2 aromatic carbocycles. The van der Waals surface area contributed by atoms with Gasteiger partial charge in [-0.1, -0.05) is 0 Å². The second-order valence-electron chi connectivity index (χ2n) is 18.1. The standard InChI is InChI=1S/C22H21FN6O3S.C12H8N4O2.C10H7BrN2O2.C10H15FN2O2S/c1-13-7-17(18(23)10-19(13)28-33(3,31)32)14(2)27-22(30)15-8-20-21(24-11-15)9-16(12-25-20)29-6-4-5-26-29;17-12(18)8-4-10-11(13-6-8)5-9(7-14-10)16-3-1-2-15-16;1-15-10(14)6-2-8-9(12-4-6)3-7(11)5-13-8;1-6-4-8(7(2)12)9(11)5-10(6)13-16(3,14)15/h4-12,14,28H,1-3H3,(H,27,30);1-7H,(H,17,18);2-5H,1H3;4-5,7,13H,12H2,1-3H3/t14-;;;7-/m1..1/s1. The number of carbonyl (C=O) groups is 3. The molecule has 28 heteroatoms. The smallest absolute Gasteiger partial charge is 0.339 e. The average Bonchev–Trinajstić information content (AvgIpc) is 4.29. The van der Waals surface area contributed by atoms with Gasteiger partial charge in [-0.05, 0) is 128 Å². The van der Waals surface area contributed by atoms with Crippen molar-refractivity contribution in [3.05, 3.63) is 190 Å².